The lowest BCUT2D eigenvalue weighted by Gasteiger charge is -2.37. The van der Waals surface area contributed by atoms with E-state index in [1.807, 2.05) is 20.8 Å². The number of carbonyl (C=O) groups is 1. The Morgan fingerprint density at radius 2 is 2.07 bits per heavy atom. The van der Waals surface area contributed by atoms with E-state index in [9.17, 15) is 4.79 Å². The lowest BCUT2D eigenvalue weighted by atomic mass is 9.89. The lowest BCUT2D eigenvalue weighted by Crippen LogP contribution is -2.58. The molecule has 1 saturated heterocycles. The Bertz CT molecular complexity index is 210. The topological polar surface area (TPSA) is 47.6 Å². The molecule has 1 heterocycles. The monoisotopic (exact) mass is 215 g/mol. The molecule has 1 aliphatic heterocycles. The van der Waals surface area contributed by atoms with E-state index in [2.05, 4.69) is 5.32 Å². The minimum absolute atomic E-state index is 0.137. The summed E-state index contributed by atoms with van der Waals surface area (Å²) in [5.74, 6) is -0.137. The largest absolute Gasteiger partial charge is 0.465 e. The highest BCUT2D eigenvalue weighted by Gasteiger charge is 2.41. The van der Waals surface area contributed by atoms with Crippen molar-refractivity contribution in [3.05, 3.63) is 0 Å². The summed E-state index contributed by atoms with van der Waals surface area (Å²) < 4.78 is 10.4. The predicted molar refractivity (Wildman–Crippen MR) is 57.7 cm³/mol. The Balaban J connectivity index is 2.69. The van der Waals surface area contributed by atoms with Crippen molar-refractivity contribution in [1.82, 2.24) is 5.32 Å². The summed E-state index contributed by atoms with van der Waals surface area (Å²) in [4.78, 5) is 11.9. The van der Waals surface area contributed by atoms with Gasteiger partial charge in [-0.2, -0.15) is 0 Å². The highest BCUT2D eigenvalue weighted by molar-refractivity contribution is 5.81. The van der Waals surface area contributed by atoms with Crippen LogP contribution in [-0.4, -0.2) is 37.4 Å². The molecule has 0 bridgehead atoms. The van der Waals surface area contributed by atoms with E-state index in [0.29, 0.717) is 32.7 Å². The van der Waals surface area contributed by atoms with Crippen molar-refractivity contribution in [2.45, 2.75) is 45.2 Å². The number of rotatable bonds is 4. The number of hydrogen-bond donors (Lipinski definition) is 1. The van der Waals surface area contributed by atoms with E-state index in [1.54, 1.807) is 0 Å². The first-order valence-electron chi connectivity index (χ1n) is 5.63. The third-order valence-electron chi connectivity index (χ3n) is 2.58. The van der Waals surface area contributed by atoms with Crippen LogP contribution in [0.4, 0.5) is 0 Å². The van der Waals surface area contributed by atoms with E-state index in [1.165, 1.54) is 0 Å². The Morgan fingerprint density at radius 1 is 1.47 bits per heavy atom. The van der Waals surface area contributed by atoms with E-state index in [4.69, 9.17) is 9.47 Å². The second-order valence-electron chi connectivity index (χ2n) is 4.21. The first-order chi connectivity index (χ1) is 7.10. The molecule has 4 nitrogen and oxygen atoms in total. The molecular formula is C11H21NO3. The van der Waals surface area contributed by atoms with Crippen molar-refractivity contribution >= 4 is 5.97 Å². The number of carbonyl (C=O) groups excluding carboxylic acids is 1. The Labute approximate surface area is 91.3 Å². The molecule has 0 aromatic heterocycles. The zero-order valence-electron chi connectivity index (χ0n) is 9.84. The van der Waals surface area contributed by atoms with Gasteiger partial charge in [0.25, 0.3) is 0 Å². The van der Waals surface area contributed by atoms with Gasteiger partial charge in [0.1, 0.15) is 5.54 Å². The van der Waals surface area contributed by atoms with Gasteiger partial charge in [0.15, 0.2) is 0 Å². The summed E-state index contributed by atoms with van der Waals surface area (Å²) in [6.45, 7) is 7.59. The van der Waals surface area contributed by atoms with Crippen molar-refractivity contribution in [2.75, 3.05) is 19.8 Å². The van der Waals surface area contributed by atoms with Gasteiger partial charge in [0, 0.05) is 19.3 Å². The van der Waals surface area contributed by atoms with Crippen LogP contribution in [0.3, 0.4) is 0 Å². The van der Waals surface area contributed by atoms with Crippen LogP contribution in [0, 0.1) is 0 Å². The fourth-order valence-corrected chi connectivity index (χ4v) is 1.95. The van der Waals surface area contributed by atoms with Gasteiger partial charge in [-0.25, -0.2) is 0 Å². The van der Waals surface area contributed by atoms with E-state index >= 15 is 0 Å². The SMILES string of the molecule is CCOC(=O)C1(NC(C)C)CCOCC1. The van der Waals surface area contributed by atoms with Crippen molar-refractivity contribution < 1.29 is 14.3 Å². The van der Waals surface area contributed by atoms with Crippen LogP contribution in [0.5, 0.6) is 0 Å². The minimum atomic E-state index is -0.525. The first kappa shape index (κ1) is 12.5. The number of esters is 1. The third kappa shape index (κ3) is 3.18. The summed E-state index contributed by atoms with van der Waals surface area (Å²) in [5, 5.41) is 3.33. The summed E-state index contributed by atoms with van der Waals surface area (Å²) in [7, 11) is 0. The van der Waals surface area contributed by atoms with Crippen LogP contribution in [0.1, 0.15) is 33.6 Å². The zero-order valence-corrected chi connectivity index (χ0v) is 9.84. The molecule has 0 aromatic carbocycles. The van der Waals surface area contributed by atoms with Gasteiger partial charge in [-0.05, 0) is 33.6 Å². The molecule has 1 aliphatic rings. The van der Waals surface area contributed by atoms with Crippen molar-refractivity contribution in [2.24, 2.45) is 0 Å². The van der Waals surface area contributed by atoms with Gasteiger partial charge in [0.2, 0.25) is 0 Å². The number of hydrogen-bond acceptors (Lipinski definition) is 4. The summed E-state index contributed by atoms with van der Waals surface area (Å²) >= 11 is 0. The Morgan fingerprint density at radius 3 is 2.53 bits per heavy atom. The minimum Gasteiger partial charge on any atom is -0.465 e. The highest BCUT2D eigenvalue weighted by Crippen LogP contribution is 2.23. The molecule has 88 valence electrons. The van der Waals surface area contributed by atoms with Crippen molar-refractivity contribution in [3.63, 3.8) is 0 Å². The fourth-order valence-electron chi connectivity index (χ4n) is 1.95. The molecule has 0 amide bonds. The molecule has 0 saturated carbocycles. The van der Waals surface area contributed by atoms with E-state index in [0.717, 1.165) is 0 Å². The van der Waals surface area contributed by atoms with Crippen LogP contribution in [0.25, 0.3) is 0 Å². The van der Waals surface area contributed by atoms with Crippen LogP contribution >= 0.6 is 0 Å². The third-order valence-corrected chi connectivity index (χ3v) is 2.58. The maximum absolute atomic E-state index is 11.9. The molecule has 1 N–H and O–H groups in total. The van der Waals surface area contributed by atoms with Crippen molar-refractivity contribution in [1.29, 1.82) is 0 Å². The highest BCUT2D eigenvalue weighted by atomic mass is 16.5. The number of ether oxygens (including phenoxy) is 2. The van der Waals surface area contributed by atoms with Gasteiger partial charge in [-0.1, -0.05) is 0 Å². The fraction of sp³-hybridized carbons (Fsp3) is 0.909. The molecule has 0 unspecified atom stereocenters. The molecule has 1 fully saturated rings. The lowest BCUT2D eigenvalue weighted by molar-refractivity contribution is -0.156. The van der Waals surface area contributed by atoms with Crippen LogP contribution in [0.15, 0.2) is 0 Å². The molecule has 0 aliphatic carbocycles. The molecule has 1 rings (SSSR count). The predicted octanol–water partition coefficient (Wildman–Crippen LogP) is 1.10. The molecule has 4 heteroatoms. The quantitative estimate of drug-likeness (QED) is 0.713. The van der Waals surface area contributed by atoms with Gasteiger partial charge in [-0.15, -0.1) is 0 Å². The molecular weight excluding hydrogens is 194 g/mol. The molecule has 0 radical (unpaired) electrons. The molecule has 0 spiro atoms. The van der Waals surface area contributed by atoms with Crippen molar-refractivity contribution in [3.8, 4) is 0 Å². The smallest absolute Gasteiger partial charge is 0.326 e. The van der Waals surface area contributed by atoms with Gasteiger partial charge >= 0.3 is 5.97 Å². The van der Waals surface area contributed by atoms with Crippen LogP contribution < -0.4 is 5.32 Å². The molecule has 15 heavy (non-hydrogen) atoms. The van der Waals surface area contributed by atoms with Crippen LogP contribution in [0.2, 0.25) is 0 Å². The summed E-state index contributed by atoms with van der Waals surface area (Å²) in [6, 6.07) is 0.271. The second kappa shape index (κ2) is 5.47. The van der Waals surface area contributed by atoms with Gasteiger partial charge < -0.3 is 9.47 Å². The normalized spacial score (nSPS) is 20.3. The van der Waals surface area contributed by atoms with Gasteiger partial charge in [-0.3, -0.25) is 10.1 Å². The average Bonchev–Trinajstić information content (AvgIpc) is 2.18. The average molecular weight is 215 g/mol. The standard InChI is InChI=1S/C11H21NO3/c1-4-15-10(13)11(12-9(2)3)5-7-14-8-6-11/h9,12H,4-8H2,1-3H3. The van der Waals surface area contributed by atoms with E-state index < -0.39 is 5.54 Å². The van der Waals surface area contributed by atoms with Gasteiger partial charge in [0.05, 0.1) is 6.61 Å². The first-order valence-corrected chi connectivity index (χ1v) is 5.63. The Hall–Kier alpha value is -0.610. The van der Waals surface area contributed by atoms with E-state index in [-0.39, 0.29) is 12.0 Å². The summed E-state index contributed by atoms with van der Waals surface area (Å²) in [5.41, 5.74) is -0.525. The summed E-state index contributed by atoms with van der Waals surface area (Å²) in [6.07, 6.45) is 1.40. The van der Waals surface area contributed by atoms with Crippen LogP contribution in [-0.2, 0) is 14.3 Å². The number of nitrogens with one attached hydrogen (secondary N) is 1. The Kier molecular flexibility index (Phi) is 4.54. The second-order valence-corrected chi connectivity index (χ2v) is 4.21. The molecule has 0 aromatic rings. The zero-order chi connectivity index (χ0) is 11.3. The molecule has 0 atom stereocenters. The maximum Gasteiger partial charge on any atom is 0.326 e. The maximum atomic E-state index is 11.9.